The SMILES string of the molecule is CCOC(=O)c1c(-c2ccccc2)cn2c1OC(C)CC2(C)C. The summed E-state index contributed by atoms with van der Waals surface area (Å²) in [7, 11) is 0. The summed E-state index contributed by atoms with van der Waals surface area (Å²) in [4.78, 5) is 12.6. The molecule has 3 rings (SSSR count). The Kier molecular flexibility index (Phi) is 3.92. The van der Waals surface area contributed by atoms with Gasteiger partial charge in [0.05, 0.1) is 12.7 Å². The third kappa shape index (κ3) is 2.74. The van der Waals surface area contributed by atoms with Crippen molar-refractivity contribution in [2.75, 3.05) is 6.61 Å². The first-order chi connectivity index (χ1) is 10.9. The predicted octanol–water partition coefficient (Wildman–Crippen LogP) is 4.24. The van der Waals surface area contributed by atoms with Crippen molar-refractivity contribution in [3.8, 4) is 17.0 Å². The van der Waals surface area contributed by atoms with Crippen LogP contribution in [0.25, 0.3) is 11.1 Å². The Morgan fingerprint density at radius 2 is 2.04 bits per heavy atom. The normalized spacial score (nSPS) is 18.9. The Morgan fingerprint density at radius 1 is 1.35 bits per heavy atom. The molecule has 0 N–H and O–H groups in total. The van der Waals surface area contributed by atoms with Crippen molar-refractivity contribution in [1.82, 2.24) is 4.57 Å². The zero-order valence-electron chi connectivity index (χ0n) is 14.1. The standard InChI is InChI=1S/C19H23NO3/c1-5-22-18(21)16-15(14-9-7-6-8-10-14)12-20-17(16)23-13(2)11-19(20,3)4/h6-10,12-13H,5,11H2,1-4H3. The van der Waals surface area contributed by atoms with Crippen LogP contribution in [0.4, 0.5) is 0 Å². The van der Waals surface area contributed by atoms with Crippen molar-refractivity contribution in [3.05, 3.63) is 42.1 Å². The van der Waals surface area contributed by atoms with Crippen LogP contribution in [0, 0.1) is 0 Å². The highest BCUT2D eigenvalue weighted by molar-refractivity contribution is 6.00. The fraction of sp³-hybridized carbons (Fsp3) is 0.421. The number of rotatable bonds is 3. The molecule has 1 aromatic carbocycles. The highest BCUT2D eigenvalue weighted by Gasteiger charge is 2.37. The van der Waals surface area contributed by atoms with Gasteiger partial charge >= 0.3 is 5.97 Å². The van der Waals surface area contributed by atoms with Gasteiger partial charge in [-0.1, -0.05) is 30.3 Å². The largest absolute Gasteiger partial charge is 0.475 e. The molecule has 0 bridgehead atoms. The summed E-state index contributed by atoms with van der Waals surface area (Å²) in [5.41, 5.74) is 2.27. The third-order valence-corrected chi connectivity index (χ3v) is 4.28. The number of fused-ring (bicyclic) bond motifs is 1. The van der Waals surface area contributed by atoms with Gasteiger partial charge in [0.2, 0.25) is 5.88 Å². The summed E-state index contributed by atoms with van der Waals surface area (Å²) in [6.07, 6.45) is 2.97. The van der Waals surface area contributed by atoms with E-state index in [1.807, 2.05) is 50.4 Å². The molecule has 2 aromatic rings. The molecule has 122 valence electrons. The van der Waals surface area contributed by atoms with Crippen LogP contribution >= 0.6 is 0 Å². The first-order valence-corrected chi connectivity index (χ1v) is 8.09. The van der Waals surface area contributed by atoms with Gasteiger partial charge < -0.3 is 14.0 Å². The van der Waals surface area contributed by atoms with Crippen molar-refractivity contribution in [3.63, 3.8) is 0 Å². The van der Waals surface area contributed by atoms with Crippen molar-refractivity contribution in [2.24, 2.45) is 0 Å². The highest BCUT2D eigenvalue weighted by atomic mass is 16.5. The summed E-state index contributed by atoms with van der Waals surface area (Å²) in [5, 5.41) is 0. The van der Waals surface area contributed by atoms with Gasteiger partial charge in [-0.15, -0.1) is 0 Å². The number of ether oxygens (including phenoxy) is 2. The third-order valence-electron chi connectivity index (χ3n) is 4.28. The van der Waals surface area contributed by atoms with Crippen LogP contribution in [-0.2, 0) is 10.3 Å². The molecule has 0 saturated heterocycles. The van der Waals surface area contributed by atoms with Crippen LogP contribution in [0.5, 0.6) is 5.88 Å². The minimum absolute atomic E-state index is 0.0594. The van der Waals surface area contributed by atoms with Crippen molar-refractivity contribution in [2.45, 2.75) is 45.8 Å². The van der Waals surface area contributed by atoms with Crippen molar-refractivity contribution in [1.29, 1.82) is 0 Å². The molecular formula is C19H23NO3. The van der Waals surface area contributed by atoms with Gasteiger partial charge in [-0.25, -0.2) is 4.79 Å². The number of benzene rings is 1. The predicted molar refractivity (Wildman–Crippen MR) is 89.9 cm³/mol. The van der Waals surface area contributed by atoms with E-state index in [4.69, 9.17) is 9.47 Å². The Hall–Kier alpha value is -2.23. The second-order valence-electron chi connectivity index (χ2n) is 6.62. The molecule has 0 spiro atoms. The molecule has 2 heterocycles. The summed E-state index contributed by atoms with van der Waals surface area (Å²) < 4.78 is 13.4. The van der Waals surface area contributed by atoms with Gasteiger partial charge in [-0.3, -0.25) is 0 Å². The first-order valence-electron chi connectivity index (χ1n) is 8.09. The number of carbonyl (C=O) groups is 1. The van der Waals surface area contributed by atoms with Crippen LogP contribution in [-0.4, -0.2) is 23.2 Å². The fourth-order valence-corrected chi connectivity index (χ4v) is 3.32. The van der Waals surface area contributed by atoms with Gasteiger partial charge in [0.1, 0.15) is 5.56 Å². The lowest BCUT2D eigenvalue weighted by Gasteiger charge is -2.37. The summed E-state index contributed by atoms with van der Waals surface area (Å²) in [6.45, 7) is 8.53. The molecule has 4 nitrogen and oxygen atoms in total. The zero-order valence-corrected chi connectivity index (χ0v) is 14.1. The van der Waals surface area contributed by atoms with Crippen LogP contribution in [0.3, 0.4) is 0 Å². The molecule has 1 aliphatic heterocycles. The summed E-state index contributed by atoms with van der Waals surface area (Å²) in [6, 6.07) is 9.90. The summed E-state index contributed by atoms with van der Waals surface area (Å²) in [5.74, 6) is 0.288. The molecule has 23 heavy (non-hydrogen) atoms. The average molecular weight is 313 g/mol. The Balaban J connectivity index is 2.22. The lowest BCUT2D eigenvalue weighted by atomic mass is 9.95. The molecule has 0 amide bonds. The molecule has 0 saturated carbocycles. The topological polar surface area (TPSA) is 40.5 Å². The van der Waals surface area contributed by atoms with E-state index in [9.17, 15) is 4.79 Å². The van der Waals surface area contributed by atoms with Crippen LogP contribution < -0.4 is 4.74 Å². The molecule has 1 aromatic heterocycles. The average Bonchev–Trinajstić information content (AvgIpc) is 2.88. The maximum absolute atomic E-state index is 12.6. The minimum atomic E-state index is -0.329. The van der Waals surface area contributed by atoms with E-state index in [1.165, 1.54) is 0 Å². The highest BCUT2D eigenvalue weighted by Crippen LogP contribution is 2.42. The van der Waals surface area contributed by atoms with Crippen LogP contribution in [0.2, 0.25) is 0 Å². The van der Waals surface area contributed by atoms with E-state index in [-0.39, 0.29) is 17.6 Å². The van der Waals surface area contributed by atoms with E-state index in [2.05, 4.69) is 18.4 Å². The molecule has 1 atom stereocenters. The van der Waals surface area contributed by atoms with Gasteiger partial charge in [0.25, 0.3) is 0 Å². The maximum atomic E-state index is 12.6. The monoisotopic (exact) mass is 313 g/mol. The Labute approximate surface area is 137 Å². The second kappa shape index (κ2) is 5.76. The molecule has 0 aliphatic carbocycles. The maximum Gasteiger partial charge on any atom is 0.344 e. The lowest BCUT2D eigenvalue weighted by molar-refractivity contribution is 0.0500. The lowest BCUT2D eigenvalue weighted by Crippen LogP contribution is -2.38. The first kappa shape index (κ1) is 15.7. The molecule has 1 aliphatic rings. The smallest absolute Gasteiger partial charge is 0.344 e. The number of hydrogen-bond donors (Lipinski definition) is 0. The van der Waals surface area contributed by atoms with E-state index in [1.54, 1.807) is 0 Å². The quantitative estimate of drug-likeness (QED) is 0.796. The summed E-state index contributed by atoms with van der Waals surface area (Å²) >= 11 is 0. The Bertz CT molecular complexity index is 716. The van der Waals surface area contributed by atoms with Crippen LogP contribution in [0.1, 0.15) is 44.5 Å². The van der Waals surface area contributed by atoms with Gasteiger partial charge in [-0.05, 0) is 33.3 Å². The van der Waals surface area contributed by atoms with E-state index < -0.39 is 0 Å². The van der Waals surface area contributed by atoms with E-state index >= 15 is 0 Å². The molecule has 1 unspecified atom stereocenters. The van der Waals surface area contributed by atoms with Gasteiger partial charge in [0, 0.05) is 23.7 Å². The molecule has 4 heteroatoms. The number of hydrogen-bond acceptors (Lipinski definition) is 3. The second-order valence-corrected chi connectivity index (χ2v) is 6.62. The van der Waals surface area contributed by atoms with E-state index in [0.717, 1.165) is 17.5 Å². The van der Waals surface area contributed by atoms with Gasteiger partial charge in [-0.2, -0.15) is 0 Å². The van der Waals surface area contributed by atoms with Crippen molar-refractivity contribution < 1.29 is 14.3 Å². The molecule has 0 fully saturated rings. The van der Waals surface area contributed by atoms with Crippen molar-refractivity contribution >= 4 is 5.97 Å². The fourth-order valence-electron chi connectivity index (χ4n) is 3.32. The molecular weight excluding hydrogens is 290 g/mol. The number of carbonyl (C=O) groups excluding carboxylic acids is 1. The van der Waals surface area contributed by atoms with Gasteiger partial charge in [0.15, 0.2) is 0 Å². The molecule has 0 radical (unpaired) electrons. The number of esters is 1. The number of nitrogens with zero attached hydrogens (tertiary/aromatic N) is 1. The minimum Gasteiger partial charge on any atom is -0.475 e. The van der Waals surface area contributed by atoms with E-state index in [0.29, 0.717) is 18.1 Å². The Morgan fingerprint density at radius 3 is 2.70 bits per heavy atom. The number of aromatic nitrogens is 1. The zero-order chi connectivity index (χ0) is 16.6. The van der Waals surface area contributed by atoms with Crippen LogP contribution in [0.15, 0.2) is 36.5 Å².